The van der Waals surface area contributed by atoms with Gasteiger partial charge in [-0.15, -0.1) is 0 Å². The van der Waals surface area contributed by atoms with Crippen molar-refractivity contribution in [2.75, 3.05) is 32.6 Å². The molecule has 3 heterocycles. The fraction of sp³-hybridized carbons (Fsp3) is 0.308. The molecule has 36 heavy (non-hydrogen) atoms. The van der Waals surface area contributed by atoms with Crippen molar-refractivity contribution in [3.63, 3.8) is 0 Å². The van der Waals surface area contributed by atoms with Crippen molar-refractivity contribution in [3.8, 4) is 11.5 Å². The van der Waals surface area contributed by atoms with Crippen molar-refractivity contribution in [2.24, 2.45) is 0 Å². The molecule has 5 rings (SSSR count). The van der Waals surface area contributed by atoms with Crippen LogP contribution in [0.1, 0.15) is 40.6 Å². The number of pyridine rings is 1. The summed E-state index contributed by atoms with van der Waals surface area (Å²) in [5, 5.41) is 6.63. The van der Waals surface area contributed by atoms with Crippen LogP contribution < -0.4 is 20.1 Å². The topological polar surface area (TPSA) is 110 Å². The van der Waals surface area contributed by atoms with Gasteiger partial charge in [0.1, 0.15) is 22.7 Å². The number of ether oxygens (including phenoxy) is 2. The molecule has 1 fully saturated rings. The number of fused-ring (bicyclic) bond motifs is 2. The van der Waals surface area contributed by atoms with E-state index in [0.29, 0.717) is 54.2 Å². The number of thioether (sulfide) groups is 1. The van der Waals surface area contributed by atoms with E-state index in [9.17, 15) is 14.4 Å². The first-order valence-electron chi connectivity index (χ1n) is 11.6. The number of nitrogens with zero attached hydrogens (tertiary/aromatic N) is 2. The van der Waals surface area contributed by atoms with E-state index in [2.05, 4.69) is 15.6 Å². The molecule has 0 unspecified atom stereocenters. The number of piperidine rings is 1. The standard InChI is InChI=1S/C26H26N4O5S/c1-15(31)27-16-7-8-22-18(13-16)24(32)29-26(36-22)9-11-30(12-10-26)25(33)19-14-21(35-3)17-5-4-6-20(34-2)23(17)28-19/h4-8,13-14H,9-12H2,1-3H3,(H,27,31)(H,29,32). The van der Waals surface area contributed by atoms with Gasteiger partial charge in [-0.1, -0.05) is 17.8 Å². The third-order valence-corrected chi connectivity index (χ3v) is 7.95. The molecule has 2 aliphatic heterocycles. The van der Waals surface area contributed by atoms with Gasteiger partial charge >= 0.3 is 0 Å². The average Bonchev–Trinajstić information content (AvgIpc) is 2.87. The predicted octanol–water partition coefficient (Wildman–Crippen LogP) is 3.68. The van der Waals surface area contributed by atoms with E-state index in [-0.39, 0.29) is 23.4 Å². The Labute approximate surface area is 212 Å². The van der Waals surface area contributed by atoms with E-state index in [1.54, 1.807) is 55.1 Å². The largest absolute Gasteiger partial charge is 0.496 e. The van der Waals surface area contributed by atoms with Crippen LogP contribution in [0.25, 0.3) is 10.9 Å². The number of likely N-dealkylation sites (tertiary alicyclic amines) is 1. The summed E-state index contributed by atoms with van der Waals surface area (Å²) in [6.45, 7) is 2.37. The Morgan fingerprint density at radius 2 is 1.83 bits per heavy atom. The molecule has 0 radical (unpaired) electrons. The zero-order valence-corrected chi connectivity index (χ0v) is 21.0. The third-order valence-electron chi connectivity index (χ3n) is 6.47. The Balaban J connectivity index is 1.34. The number of carbonyl (C=O) groups excluding carboxylic acids is 3. The molecular weight excluding hydrogens is 480 g/mol. The van der Waals surface area contributed by atoms with Crippen LogP contribution in [0.4, 0.5) is 5.69 Å². The van der Waals surface area contributed by atoms with E-state index in [1.165, 1.54) is 6.92 Å². The Bertz CT molecular complexity index is 1380. The number of hydrogen-bond donors (Lipinski definition) is 2. The number of para-hydroxylation sites is 1. The second-order valence-corrected chi connectivity index (χ2v) is 10.2. The summed E-state index contributed by atoms with van der Waals surface area (Å²) >= 11 is 1.60. The fourth-order valence-electron chi connectivity index (χ4n) is 4.68. The van der Waals surface area contributed by atoms with Crippen LogP contribution in [0.5, 0.6) is 11.5 Å². The number of methoxy groups -OCH3 is 2. The van der Waals surface area contributed by atoms with Crippen molar-refractivity contribution >= 4 is 46.1 Å². The van der Waals surface area contributed by atoms with Crippen molar-refractivity contribution in [2.45, 2.75) is 29.5 Å². The molecule has 0 saturated carbocycles. The highest BCUT2D eigenvalue weighted by Crippen LogP contribution is 2.44. The van der Waals surface area contributed by atoms with Gasteiger partial charge in [0.15, 0.2) is 0 Å². The molecule has 3 amide bonds. The quantitative estimate of drug-likeness (QED) is 0.556. The summed E-state index contributed by atoms with van der Waals surface area (Å²) in [5.41, 5.74) is 1.98. The Morgan fingerprint density at radius 1 is 1.08 bits per heavy atom. The van der Waals surface area contributed by atoms with Crippen LogP contribution >= 0.6 is 11.8 Å². The molecule has 0 bridgehead atoms. The maximum atomic E-state index is 13.4. The summed E-state index contributed by atoms with van der Waals surface area (Å²) in [5.74, 6) is 0.567. The molecule has 186 valence electrons. The average molecular weight is 507 g/mol. The number of hydrogen-bond acceptors (Lipinski definition) is 7. The molecule has 0 atom stereocenters. The van der Waals surface area contributed by atoms with Crippen molar-refractivity contribution in [1.29, 1.82) is 0 Å². The summed E-state index contributed by atoms with van der Waals surface area (Å²) in [4.78, 5) is 44.4. The SMILES string of the molecule is COc1cc(C(=O)N2CCC3(CC2)NC(=O)c2cc(NC(C)=O)ccc2S3)nc2c(OC)cccc12. The van der Waals surface area contributed by atoms with Gasteiger partial charge < -0.3 is 25.0 Å². The zero-order valence-electron chi connectivity index (χ0n) is 20.2. The number of nitrogens with one attached hydrogen (secondary N) is 2. The van der Waals surface area contributed by atoms with Crippen LogP contribution in [-0.4, -0.2) is 59.8 Å². The summed E-state index contributed by atoms with van der Waals surface area (Å²) in [6.07, 6.45) is 1.19. The van der Waals surface area contributed by atoms with Gasteiger partial charge in [0.05, 0.1) is 24.7 Å². The molecule has 3 aromatic rings. The van der Waals surface area contributed by atoms with Crippen molar-refractivity contribution in [3.05, 3.63) is 53.7 Å². The van der Waals surface area contributed by atoms with Gasteiger partial charge in [0.2, 0.25) is 5.91 Å². The van der Waals surface area contributed by atoms with Gasteiger partial charge in [-0.2, -0.15) is 0 Å². The van der Waals surface area contributed by atoms with E-state index in [0.717, 1.165) is 10.3 Å². The van der Waals surface area contributed by atoms with Gasteiger partial charge in [-0.05, 0) is 43.2 Å². The van der Waals surface area contributed by atoms with Crippen LogP contribution in [0.2, 0.25) is 0 Å². The van der Waals surface area contributed by atoms with Crippen molar-refractivity contribution < 1.29 is 23.9 Å². The molecular formula is C26H26N4O5S. The van der Waals surface area contributed by atoms with Crippen LogP contribution in [0.15, 0.2) is 47.4 Å². The molecule has 0 aliphatic carbocycles. The highest BCUT2D eigenvalue weighted by Gasteiger charge is 2.42. The van der Waals surface area contributed by atoms with E-state index in [1.807, 2.05) is 18.2 Å². The molecule has 2 N–H and O–H groups in total. The highest BCUT2D eigenvalue weighted by molar-refractivity contribution is 8.00. The first-order chi connectivity index (χ1) is 17.3. The van der Waals surface area contributed by atoms with Gasteiger partial charge in [-0.25, -0.2) is 4.98 Å². The number of benzene rings is 2. The number of carbonyl (C=O) groups is 3. The fourth-order valence-corrected chi connectivity index (χ4v) is 6.03. The molecule has 1 spiro atoms. The van der Waals surface area contributed by atoms with E-state index >= 15 is 0 Å². The lowest BCUT2D eigenvalue weighted by Gasteiger charge is -2.44. The first kappa shape index (κ1) is 23.9. The summed E-state index contributed by atoms with van der Waals surface area (Å²) in [7, 11) is 3.13. The van der Waals surface area contributed by atoms with E-state index < -0.39 is 4.87 Å². The van der Waals surface area contributed by atoms with Gasteiger partial charge in [-0.3, -0.25) is 14.4 Å². The molecule has 10 heteroatoms. The normalized spacial score (nSPS) is 16.3. The lowest BCUT2D eigenvalue weighted by atomic mass is 10.0. The monoisotopic (exact) mass is 506 g/mol. The van der Waals surface area contributed by atoms with Crippen LogP contribution in [-0.2, 0) is 4.79 Å². The molecule has 1 aromatic heterocycles. The number of aromatic nitrogens is 1. The van der Waals surface area contributed by atoms with Gasteiger partial charge in [0.25, 0.3) is 11.8 Å². The minimum atomic E-state index is -0.492. The zero-order chi connectivity index (χ0) is 25.4. The lowest BCUT2D eigenvalue weighted by Crippen LogP contribution is -2.55. The van der Waals surface area contributed by atoms with Crippen LogP contribution in [0, 0.1) is 0 Å². The van der Waals surface area contributed by atoms with E-state index in [4.69, 9.17) is 9.47 Å². The summed E-state index contributed by atoms with van der Waals surface area (Å²) < 4.78 is 11.0. The number of rotatable bonds is 4. The Kier molecular flexibility index (Phi) is 6.21. The lowest BCUT2D eigenvalue weighted by molar-refractivity contribution is -0.114. The van der Waals surface area contributed by atoms with Crippen LogP contribution in [0.3, 0.4) is 0 Å². The smallest absolute Gasteiger partial charge is 0.272 e. The third kappa shape index (κ3) is 4.32. The summed E-state index contributed by atoms with van der Waals surface area (Å²) in [6, 6.07) is 12.5. The Morgan fingerprint density at radius 3 is 2.53 bits per heavy atom. The highest BCUT2D eigenvalue weighted by atomic mass is 32.2. The molecule has 2 aliphatic rings. The molecule has 2 aromatic carbocycles. The minimum absolute atomic E-state index is 0.177. The first-order valence-corrected chi connectivity index (χ1v) is 12.4. The molecule has 9 nitrogen and oxygen atoms in total. The number of amides is 3. The number of anilines is 1. The Hall–Kier alpha value is -3.79. The predicted molar refractivity (Wildman–Crippen MR) is 137 cm³/mol. The molecule has 1 saturated heterocycles. The minimum Gasteiger partial charge on any atom is -0.496 e. The second kappa shape index (κ2) is 9.34. The van der Waals surface area contributed by atoms with Crippen molar-refractivity contribution in [1.82, 2.24) is 15.2 Å². The maximum Gasteiger partial charge on any atom is 0.272 e. The maximum absolute atomic E-state index is 13.4. The van der Waals surface area contributed by atoms with Gasteiger partial charge in [0, 0.05) is 42.0 Å². The second-order valence-electron chi connectivity index (χ2n) is 8.80.